The minimum atomic E-state index is -0.102. The van der Waals surface area contributed by atoms with Gasteiger partial charge in [0.2, 0.25) is 0 Å². The molecule has 1 amide bonds. The highest BCUT2D eigenvalue weighted by molar-refractivity contribution is 9.10. The second-order valence-electron chi connectivity index (χ2n) is 6.83. The van der Waals surface area contributed by atoms with Gasteiger partial charge in [-0.2, -0.15) is 0 Å². The first-order valence-corrected chi connectivity index (χ1v) is 10.2. The van der Waals surface area contributed by atoms with E-state index in [0.29, 0.717) is 12.1 Å². The summed E-state index contributed by atoms with van der Waals surface area (Å²) < 4.78 is 6.19. The number of carbonyl (C=O) groups is 1. The van der Waals surface area contributed by atoms with Gasteiger partial charge >= 0.3 is 0 Å². The van der Waals surface area contributed by atoms with Gasteiger partial charge in [0.1, 0.15) is 5.75 Å². The predicted molar refractivity (Wildman–Crippen MR) is 120 cm³/mol. The molecule has 3 aromatic carbocycles. The zero-order chi connectivity index (χ0) is 20.2. The van der Waals surface area contributed by atoms with E-state index >= 15 is 0 Å². The molecule has 146 valence electrons. The summed E-state index contributed by atoms with van der Waals surface area (Å²) in [4.78, 5) is 16.0. The Labute approximate surface area is 178 Å². The molecule has 0 saturated heterocycles. The molecule has 4 nitrogen and oxygen atoms in total. The van der Waals surface area contributed by atoms with Crippen LogP contribution in [-0.2, 0) is 0 Å². The lowest BCUT2D eigenvalue weighted by atomic mass is 9.91. The minimum Gasteiger partial charge on any atom is -0.497 e. The number of amides is 1. The minimum absolute atomic E-state index is 0.0291. The van der Waals surface area contributed by atoms with Gasteiger partial charge in [-0.1, -0.05) is 46.3 Å². The van der Waals surface area contributed by atoms with Crippen LogP contribution >= 0.6 is 15.9 Å². The molecule has 0 saturated carbocycles. The quantitative estimate of drug-likeness (QED) is 0.409. The molecular weight excluding hydrogens is 428 g/mol. The normalized spacial score (nSPS) is 11.9. The Morgan fingerprint density at radius 3 is 2.48 bits per heavy atom. The van der Waals surface area contributed by atoms with Crippen molar-refractivity contribution in [3.8, 4) is 5.75 Å². The highest BCUT2D eigenvalue weighted by Gasteiger charge is 2.19. The first-order chi connectivity index (χ1) is 14.2. The number of nitrogens with one attached hydrogen (secondary N) is 2. The monoisotopic (exact) mass is 448 g/mol. The van der Waals surface area contributed by atoms with Crippen LogP contribution in [0.5, 0.6) is 5.75 Å². The predicted octanol–water partition coefficient (Wildman–Crippen LogP) is 5.50. The molecule has 2 N–H and O–H groups in total. The molecule has 0 spiro atoms. The van der Waals surface area contributed by atoms with Crippen LogP contribution in [0.15, 0.2) is 83.5 Å². The van der Waals surface area contributed by atoms with Crippen molar-refractivity contribution in [1.82, 2.24) is 10.3 Å². The average Bonchev–Trinajstić information content (AvgIpc) is 3.19. The third-order valence-electron chi connectivity index (χ3n) is 5.09. The number of rotatable bonds is 6. The summed E-state index contributed by atoms with van der Waals surface area (Å²) in [6.07, 6.45) is 2.04. The van der Waals surface area contributed by atoms with Crippen molar-refractivity contribution >= 4 is 32.7 Å². The lowest BCUT2D eigenvalue weighted by Crippen LogP contribution is -2.28. The number of fused-ring (bicyclic) bond motifs is 1. The molecule has 0 aliphatic rings. The van der Waals surface area contributed by atoms with Crippen LogP contribution in [0.1, 0.15) is 27.4 Å². The molecule has 1 heterocycles. The van der Waals surface area contributed by atoms with Gasteiger partial charge in [-0.05, 0) is 53.6 Å². The molecule has 5 heteroatoms. The summed E-state index contributed by atoms with van der Waals surface area (Å²) in [5.41, 5.74) is 4.01. The third-order valence-corrected chi connectivity index (χ3v) is 5.62. The highest BCUT2D eigenvalue weighted by atomic mass is 79.9. The molecule has 29 heavy (non-hydrogen) atoms. The lowest BCUT2D eigenvalue weighted by Gasteiger charge is -2.18. The standard InChI is InChI=1S/C24H21BrN2O2/c1-29-19-12-8-17(9-13-19)24(28)27-14-21(16-6-10-18(25)11-7-16)22-15-26-23-5-3-2-4-20(22)23/h2-13,15,21,26H,14H2,1H3,(H,27,28)/t21-/m1/s1. The fourth-order valence-corrected chi connectivity index (χ4v) is 3.79. The van der Waals surface area contributed by atoms with Gasteiger partial charge in [0, 0.05) is 39.6 Å². The number of halogens is 1. The van der Waals surface area contributed by atoms with E-state index in [0.717, 1.165) is 26.9 Å². The molecule has 1 atom stereocenters. The van der Waals surface area contributed by atoms with E-state index in [1.165, 1.54) is 5.39 Å². The Hall–Kier alpha value is -3.05. The number of hydrogen-bond donors (Lipinski definition) is 2. The first kappa shape index (κ1) is 19.3. The van der Waals surface area contributed by atoms with Gasteiger partial charge in [-0.15, -0.1) is 0 Å². The van der Waals surface area contributed by atoms with Crippen molar-refractivity contribution in [2.45, 2.75) is 5.92 Å². The molecule has 4 rings (SSSR count). The number of para-hydroxylation sites is 1. The number of carbonyl (C=O) groups excluding carboxylic acids is 1. The fraction of sp³-hybridized carbons (Fsp3) is 0.125. The number of aromatic nitrogens is 1. The molecule has 0 aliphatic heterocycles. The van der Waals surface area contributed by atoms with Crippen LogP contribution in [0.3, 0.4) is 0 Å². The van der Waals surface area contributed by atoms with E-state index in [9.17, 15) is 4.79 Å². The fourth-order valence-electron chi connectivity index (χ4n) is 3.52. The van der Waals surface area contributed by atoms with Gasteiger partial charge in [0.25, 0.3) is 5.91 Å². The van der Waals surface area contributed by atoms with Crippen LogP contribution in [0.25, 0.3) is 10.9 Å². The van der Waals surface area contributed by atoms with Gasteiger partial charge < -0.3 is 15.0 Å². The zero-order valence-corrected chi connectivity index (χ0v) is 17.6. The van der Waals surface area contributed by atoms with E-state index in [-0.39, 0.29) is 11.8 Å². The second-order valence-corrected chi connectivity index (χ2v) is 7.75. The van der Waals surface area contributed by atoms with Crippen molar-refractivity contribution < 1.29 is 9.53 Å². The van der Waals surface area contributed by atoms with E-state index in [1.807, 2.05) is 30.5 Å². The van der Waals surface area contributed by atoms with Gasteiger partial charge in [-0.3, -0.25) is 4.79 Å². The zero-order valence-electron chi connectivity index (χ0n) is 16.0. The maximum absolute atomic E-state index is 12.7. The summed E-state index contributed by atoms with van der Waals surface area (Å²) in [5.74, 6) is 0.657. The summed E-state index contributed by atoms with van der Waals surface area (Å²) in [6.45, 7) is 0.494. The third kappa shape index (κ3) is 4.20. The number of aromatic amines is 1. The van der Waals surface area contributed by atoms with Crippen molar-refractivity contribution in [2.75, 3.05) is 13.7 Å². The van der Waals surface area contributed by atoms with E-state index in [2.05, 4.69) is 50.5 Å². The smallest absolute Gasteiger partial charge is 0.251 e. The van der Waals surface area contributed by atoms with Crippen molar-refractivity contribution in [2.24, 2.45) is 0 Å². The van der Waals surface area contributed by atoms with Crippen molar-refractivity contribution in [1.29, 1.82) is 0 Å². The topological polar surface area (TPSA) is 54.1 Å². The number of benzene rings is 3. The highest BCUT2D eigenvalue weighted by Crippen LogP contribution is 2.31. The molecule has 0 fully saturated rings. The molecular formula is C24H21BrN2O2. The maximum atomic E-state index is 12.7. The SMILES string of the molecule is COc1ccc(C(=O)NC[C@H](c2ccc(Br)cc2)c2c[nH]c3ccccc23)cc1. The molecule has 4 aromatic rings. The molecule has 0 bridgehead atoms. The van der Waals surface area contributed by atoms with Crippen LogP contribution in [0.2, 0.25) is 0 Å². The van der Waals surface area contributed by atoms with Crippen molar-refractivity contribution in [3.05, 3.63) is 100 Å². The van der Waals surface area contributed by atoms with Gasteiger partial charge in [0.15, 0.2) is 0 Å². The Kier molecular flexibility index (Phi) is 5.67. The van der Waals surface area contributed by atoms with E-state index < -0.39 is 0 Å². The van der Waals surface area contributed by atoms with Gasteiger partial charge in [0.05, 0.1) is 7.11 Å². The van der Waals surface area contributed by atoms with Crippen LogP contribution in [0.4, 0.5) is 0 Å². The van der Waals surface area contributed by atoms with E-state index in [1.54, 1.807) is 31.4 Å². The summed E-state index contributed by atoms with van der Waals surface area (Å²) in [7, 11) is 1.61. The van der Waals surface area contributed by atoms with Crippen LogP contribution in [0, 0.1) is 0 Å². The molecule has 1 aromatic heterocycles. The van der Waals surface area contributed by atoms with Crippen LogP contribution < -0.4 is 10.1 Å². The second kappa shape index (κ2) is 8.53. The Morgan fingerprint density at radius 2 is 1.76 bits per heavy atom. The average molecular weight is 449 g/mol. The number of H-pyrrole nitrogens is 1. The Balaban J connectivity index is 1.62. The lowest BCUT2D eigenvalue weighted by molar-refractivity contribution is 0.0952. The number of hydrogen-bond acceptors (Lipinski definition) is 2. The van der Waals surface area contributed by atoms with Crippen molar-refractivity contribution in [3.63, 3.8) is 0 Å². The molecule has 0 radical (unpaired) electrons. The largest absolute Gasteiger partial charge is 0.497 e. The first-order valence-electron chi connectivity index (χ1n) is 9.39. The van der Waals surface area contributed by atoms with E-state index in [4.69, 9.17) is 4.74 Å². The van der Waals surface area contributed by atoms with Crippen LogP contribution in [-0.4, -0.2) is 24.5 Å². The summed E-state index contributed by atoms with van der Waals surface area (Å²) >= 11 is 3.50. The summed E-state index contributed by atoms with van der Waals surface area (Å²) in [5, 5.41) is 4.26. The maximum Gasteiger partial charge on any atom is 0.251 e. The Morgan fingerprint density at radius 1 is 1.03 bits per heavy atom. The number of methoxy groups -OCH3 is 1. The number of ether oxygens (including phenoxy) is 1. The Bertz CT molecular complexity index is 1120. The van der Waals surface area contributed by atoms with Gasteiger partial charge in [-0.25, -0.2) is 0 Å². The summed E-state index contributed by atoms with van der Waals surface area (Å²) in [6, 6.07) is 23.6. The molecule has 0 unspecified atom stereocenters. The molecule has 0 aliphatic carbocycles.